The van der Waals surface area contributed by atoms with E-state index in [1.807, 2.05) is 0 Å². The Hall–Kier alpha value is -1.76. The van der Waals surface area contributed by atoms with Crippen molar-refractivity contribution >= 4 is 23.4 Å². The van der Waals surface area contributed by atoms with Crippen LogP contribution in [0.5, 0.6) is 0 Å². The van der Waals surface area contributed by atoms with Crippen molar-refractivity contribution < 1.29 is 22.8 Å². The summed E-state index contributed by atoms with van der Waals surface area (Å²) in [5.41, 5.74) is 4.20. The maximum Gasteiger partial charge on any atom is 0.416 e. The lowest BCUT2D eigenvalue weighted by Gasteiger charge is -2.42. The molecule has 0 aliphatic carbocycles. The number of amides is 2. The molecule has 1 fully saturated rings. The minimum absolute atomic E-state index is 0.0583. The van der Waals surface area contributed by atoms with Crippen LogP contribution in [0.15, 0.2) is 24.3 Å². The van der Waals surface area contributed by atoms with Crippen molar-refractivity contribution in [1.82, 2.24) is 4.90 Å². The number of rotatable bonds is 4. The second-order valence-corrected chi connectivity index (χ2v) is 6.28. The van der Waals surface area contributed by atoms with Crippen LogP contribution in [0.25, 0.3) is 0 Å². The largest absolute Gasteiger partial charge is 0.416 e. The lowest BCUT2D eigenvalue weighted by atomic mass is 9.70. The van der Waals surface area contributed by atoms with Crippen LogP contribution in [0.2, 0.25) is 0 Å². The molecule has 2 amide bonds. The van der Waals surface area contributed by atoms with E-state index in [4.69, 9.17) is 17.3 Å². The molecule has 0 bridgehead atoms. The summed E-state index contributed by atoms with van der Waals surface area (Å²) in [7, 11) is 0. The highest BCUT2D eigenvalue weighted by atomic mass is 35.5. The van der Waals surface area contributed by atoms with Gasteiger partial charge in [0.05, 0.1) is 5.56 Å². The molecular weight excluding hydrogens is 345 g/mol. The van der Waals surface area contributed by atoms with Crippen LogP contribution in [-0.4, -0.2) is 35.7 Å². The maximum absolute atomic E-state index is 13.0. The van der Waals surface area contributed by atoms with Crippen LogP contribution in [-0.2, 0) is 21.2 Å². The van der Waals surface area contributed by atoms with Crippen molar-refractivity contribution in [2.24, 2.45) is 5.73 Å². The molecule has 8 heteroatoms. The average molecular weight is 363 g/mol. The number of carbonyl (C=O) groups is 2. The second kappa shape index (κ2) is 7.01. The van der Waals surface area contributed by atoms with Gasteiger partial charge in [-0.1, -0.05) is 18.2 Å². The maximum atomic E-state index is 13.0. The highest BCUT2D eigenvalue weighted by Crippen LogP contribution is 2.40. The molecule has 1 aromatic carbocycles. The molecule has 1 heterocycles. The fourth-order valence-corrected chi connectivity index (χ4v) is 3.36. The van der Waals surface area contributed by atoms with Gasteiger partial charge in [-0.15, -0.1) is 11.6 Å². The number of nitrogens with zero attached hydrogens (tertiary/aromatic N) is 1. The van der Waals surface area contributed by atoms with Gasteiger partial charge in [0.25, 0.3) is 0 Å². The van der Waals surface area contributed by atoms with E-state index in [2.05, 4.69) is 0 Å². The Kier molecular flexibility index (Phi) is 5.42. The van der Waals surface area contributed by atoms with Crippen molar-refractivity contribution in [1.29, 1.82) is 0 Å². The Morgan fingerprint density at radius 2 is 1.88 bits per heavy atom. The van der Waals surface area contributed by atoms with E-state index >= 15 is 0 Å². The zero-order valence-electron chi connectivity index (χ0n) is 12.9. The van der Waals surface area contributed by atoms with Crippen molar-refractivity contribution in [2.45, 2.75) is 30.9 Å². The highest BCUT2D eigenvalue weighted by Gasteiger charge is 2.40. The van der Waals surface area contributed by atoms with E-state index < -0.39 is 23.1 Å². The second-order valence-electron chi connectivity index (χ2n) is 6.02. The number of hydrogen-bond acceptors (Lipinski definition) is 2. The summed E-state index contributed by atoms with van der Waals surface area (Å²) < 4.78 is 38.9. The Labute approximate surface area is 142 Å². The molecule has 1 saturated heterocycles. The monoisotopic (exact) mass is 362 g/mol. The summed E-state index contributed by atoms with van der Waals surface area (Å²) >= 11 is 5.54. The molecule has 0 spiro atoms. The van der Waals surface area contributed by atoms with Crippen LogP contribution in [0.1, 0.15) is 30.4 Å². The number of halogens is 4. The Morgan fingerprint density at radius 1 is 1.25 bits per heavy atom. The van der Waals surface area contributed by atoms with Crippen LogP contribution in [0, 0.1) is 0 Å². The third-order valence-electron chi connectivity index (χ3n) is 4.50. The zero-order chi connectivity index (χ0) is 18.0. The fourth-order valence-electron chi connectivity index (χ4n) is 3.20. The molecule has 4 nitrogen and oxygen atoms in total. The summed E-state index contributed by atoms with van der Waals surface area (Å²) in [6.45, 7) is 0.657. The van der Waals surface area contributed by atoms with Gasteiger partial charge in [0.15, 0.2) is 0 Å². The summed E-state index contributed by atoms with van der Waals surface area (Å²) in [4.78, 5) is 24.7. The average Bonchev–Trinajstić information content (AvgIpc) is 2.53. The van der Waals surface area contributed by atoms with E-state index in [0.29, 0.717) is 31.5 Å². The van der Waals surface area contributed by atoms with Gasteiger partial charge in [-0.2, -0.15) is 13.2 Å². The molecule has 24 heavy (non-hydrogen) atoms. The SMILES string of the molecule is NC(=O)CC1(c2cccc(C(F)(F)F)c2)CCN(C(=O)CCl)CC1. The number of benzene rings is 1. The number of hydrogen-bond donors (Lipinski definition) is 1. The molecule has 0 aromatic heterocycles. The van der Waals surface area contributed by atoms with Crippen molar-refractivity contribution in [3.63, 3.8) is 0 Å². The summed E-state index contributed by atoms with van der Waals surface area (Å²) in [5.74, 6) is -0.954. The lowest BCUT2D eigenvalue weighted by Crippen LogP contribution is -2.47. The third-order valence-corrected chi connectivity index (χ3v) is 4.73. The molecule has 1 aliphatic heterocycles. The molecule has 2 N–H and O–H groups in total. The van der Waals surface area contributed by atoms with Crippen molar-refractivity contribution in [2.75, 3.05) is 19.0 Å². The van der Waals surface area contributed by atoms with E-state index in [9.17, 15) is 22.8 Å². The van der Waals surface area contributed by atoms with Gasteiger partial charge in [-0.3, -0.25) is 9.59 Å². The molecule has 0 radical (unpaired) electrons. The third kappa shape index (κ3) is 4.01. The van der Waals surface area contributed by atoms with Gasteiger partial charge in [0.1, 0.15) is 5.88 Å². The summed E-state index contributed by atoms with van der Waals surface area (Å²) in [6.07, 6.45) is -3.80. The summed E-state index contributed by atoms with van der Waals surface area (Å²) in [6, 6.07) is 4.98. The Balaban J connectivity index is 2.33. The number of carbonyl (C=O) groups excluding carboxylic acids is 2. The van der Waals surface area contributed by atoms with E-state index in [-0.39, 0.29) is 18.2 Å². The highest BCUT2D eigenvalue weighted by molar-refractivity contribution is 6.27. The number of likely N-dealkylation sites (tertiary alicyclic amines) is 1. The molecule has 132 valence electrons. The molecule has 1 aliphatic rings. The molecule has 0 saturated carbocycles. The fraction of sp³-hybridized carbons (Fsp3) is 0.500. The van der Waals surface area contributed by atoms with Crippen LogP contribution in [0.3, 0.4) is 0 Å². The first kappa shape index (κ1) is 18.6. The number of alkyl halides is 4. The van der Waals surface area contributed by atoms with Gasteiger partial charge in [-0.25, -0.2) is 0 Å². The van der Waals surface area contributed by atoms with E-state index in [1.165, 1.54) is 6.07 Å². The first-order chi connectivity index (χ1) is 11.2. The topological polar surface area (TPSA) is 63.4 Å². The predicted octanol–water partition coefficient (Wildman–Crippen LogP) is 2.68. The minimum Gasteiger partial charge on any atom is -0.370 e. The lowest BCUT2D eigenvalue weighted by molar-refractivity contribution is -0.137. The first-order valence-corrected chi connectivity index (χ1v) is 8.01. The predicted molar refractivity (Wildman–Crippen MR) is 83.5 cm³/mol. The van der Waals surface area contributed by atoms with Crippen molar-refractivity contribution in [3.8, 4) is 0 Å². The molecule has 0 unspecified atom stereocenters. The molecular formula is C16H18ClF3N2O2. The van der Waals surface area contributed by atoms with Crippen molar-refractivity contribution in [3.05, 3.63) is 35.4 Å². The zero-order valence-corrected chi connectivity index (χ0v) is 13.7. The number of primary amides is 1. The van der Waals surface area contributed by atoms with Gasteiger partial charge in [-0.05, 0) is 24.5 Å². The Morgan fingerprint density at radius 3 is 2.38 bits per heavy atom. The summed E-state index contributed by atoms with van der Waals surface area (Å²) in [5, 5.41) is 0. The molecule has 0 atom stereocenters. The molecule has 1 aromatic rings. The van der Waals surface area contributed by atoms with Crippen LogP contribution in [0.4, 0.5) is 13.2 Å². The van der Waals surface area contributed by atoms with Crippen LogP contribution >= 0.6 is 11.6 Å². The van der Waals surface area contributed by atoms with Gasteiger partial charge in [0.2, 0.25) is 11.8 Å². The first-order valence-electron chi connectivity index (χ1n) is 7.48. The number of nitrogens with two attached hydrogens (primary N) is 1. The van der Waals surface area contributed by atoms with Gasteiger partial charge in [0, 0.05) is 24.9 Å². The van der Waals surface area contributed by atoms with Crippen LogP contribution < -0.4 is 5.73 Å². The normalized spacial score (nSPS) is 17.6. The van der Waals surface area contributed by atoms with E-state index in [1.54, 1.807) is 11.0 Å². The van der Waals surface area contributed by atoms with Gasteiger partial charge >= 0.3 is 6.18 Å². The van der Waals surface area contributed by atoms with E-state index in [0.717, 1.165) is 12.1 Å². The smallest absolute Gasteiger partial charge is 0.370 e. The molecule has 2 rings (SSSR count). The number of piperidine rings is 1. The quantitative estimate of drug-likeness (QED) is 0.837. The Bertz CT molecular complexity index is 626. The minimum atomic E-state index is -4.46. The van der Waals surface area contributed by atoms with Gasteiger partial charge < -0.3 is 10.6 Å². The standard InChI is InChI=1S/C16H18ClF3N2O2/c17-10-14(24)22-6-4-15(5-7-22,9-13(21)23)11-2-1-3-12(8-11)16(18,19)20/h1-3,8H,4-7,9-10H2,(H2,21,23).